The lowest BCUT2D eigenvalue weighted by Gasteiger charge is -2.11. The van der Waals surface area contributed by atoms with Crippen LogP contribution in [0.5, 0.6) is 11.5 Å². The third-order valence-corrected chi connectivity index (χ3v) is 7.13. The minimum absolute atomic E-state index is 0.312. The highest BCUT2D eigenvalue weighted by Gasteiger charge is 2.16. The van der Waals surface area contributed by atoms with Crippen LogP contribution >= 0.6 is 0 Å². The highest BCUT2D eigenvalue weighted by molar-refractivity contribution is 5.84. The van der Waals surface area contributed by atoms with E-state index in [-0.39, 0.29) is 0 Å². The first kappa shape index (κ1) is 25.8. The zero-order valence-electron chi connectivity index (χ0n) is 22.4. The van der Waals surface area contributed by atoms with Gasteiger partial charge in [-0.3, -0.25) is 0 Å². The smallest absolute Gasteiger partial charge is 0.340 e. The molecule has 4 N–H and O–H groups in total. The molecule has 0 saturated heterocycles. The summed E-state index contributed by atoms with van der Waals surface area (Å²) in [4.78, 5) is 34.3. The number of benzene rings is 2. The first-order valence-corrected chi connectivity index (χ1v) is 13.0. The summed E-state index contributed by atoms with van der Waals surface area (Å²) in [5.41, 5.74) is 15.5. The average molecular weight is 547 g/mol. The predicted molar refractivity (Wildman–Crippen MR) is 157 cm³/mol. The summed E-state index contributed by atoms with van der Waals surface area (Å²) in [5, 5.41) is 1.58. The van der Waals surface area contributed by atoms with Gasteiger partial charge in [-0.25, -0.2) is 19.6 Å². The summed E-state index contributed by atoms with van der Waals surface area (Å²) in [6.07, 6.45) is 0.624. The van der Waals surface area contributed by atoms with Crippen molar-refractivity contribution < 1.29 is 13.6 Å². The van der Waals surface area contributed by atoms with Crippen molar-refractivity contribution in [2.45, 2.75) is 26.7 Å². The number of pyridine rings is 2. The number of rotatable bonds is 6. The van der Waals surface area contributed by atoms with Crippen molar-refractivity contribution in [2.75, 3.05) is 11.5 Å². The molecule has 4 aromatic heterocycles. The van der Waals surface area contributed by atoms with Crippen LogP contribution in [0, 0.1) is 13.8 Å². The van der Waals surface area contributed by atoms with E-state index in [9.17, 15) is 9.59 Å². The van der Waals surface area contributed by atoms with Crippen molar-refractivity contribution in [3.8, 4) is 11.5 Å². The van der Waals surface area contributed by atoms with E-state index in [0.29, 0.717) is 69.7 Å². The molecule has 204 valence electrons. The molecule has 0 unspecified atom stereocenters. The summed E-state index contributed by atoms with van der Waals surface area (Å²) in [6, 6.07) is 21.3. The highest BCUT2D eigenvalue weighted by Crippen LogP contribution is 2.31. The van der Waals surface area contributed by atoms with Gasteiger partial charge in [-0.2, -0.15) is 0 Å². The third-order valence-electron chi connectivity index (χ3n) is 7.13. The zero-order chi connectivity index (χ0) is 28.7. The normalized spacial score (nSPS) is 11.3. The van der Waals surface area contributed by atoms with Gasteiger partial charge in [0.05, 0.1) is 0 Å². The Morgan fingerprint density at radius 2 is 1.10 bits per heavy atom. The molecule has 6 aromatic rings. The summed E-state index contributed by atoms with van der Waals surface area (Å²) in [6.45, 7) is 3.76. The number of nitrogens with zero attached hydrogens (tertiary/aromatic N) is 2. The summed E-state index contributed by atoms with van der Waals surface area (Å²) < 4.78 is 17.4. The highest BCUT2D eigenvalue weighted by atomic mass is 16.5. The quantitative estimate of drug-likeness (QED) is 0.260. The fraction of sp³-hybridized carbons (Fsp3) is 0.125. The van der Waals surface area contributed by atoms with E-state index < -0.39 is 11.3 Å². The monoisotopic (exact) mass is 546 g/mol. The summed E-state index contributed by atoms with van der Waals surface area (Å²) in [5.74, 6) is 1.72. The number of anilines is 2. The van der Waals surface area contributed by atoms with E-state index in [0.717, 1.165) is 21.9 Å². The topological polar surface area (TPSA) is 147 Å². The van der Waals surface area contributed by atoms with Crippen molar-refractivity contribution in [1.82, 2.24) is 9.97 Å². The second kappa shape index (κ2) is 10.3. The van der Waals surface area contributed by atoms with Gasteiger partial charge >= 0.3 is 11.3 Å². The van der Waals surface area contributed by atoms with Crippen LogP contribution in [0.1, 0.15) is 33.6 Å². The Morgan fingerprint density at radius 3 is 1.51 bits per heavy atom. The van der Waals surface area contributed by atoms with Crippen LogP contribution in [0.4, 0.5) is 11.6 Å². The Kier molecular flexibility index (Phi) is 6.47. The van der Waals surface area contributed by atoms with Gasteiger partial charge in [0.1, 0.15) is 34.3 Å². The summed E-state index contributed by atoms with van der Waals surface area (Å²) >= 11 is 0. The molecule has 0 amide bonds. The molecule has 9 nitrogen and oxygen atoms in total. The lowest BCUT2D eigenvalue weighted by atomic mass is 10.0. The zero-order valence-corrected chi connectivity index (χ0v) is 22.4. The number of hydrogen-bond acceptors (Lipinski definition) is 9. The Balaban J connectivity index is 1.29. The molecule has 6 rings (SSSR count). The molecule has 0 aliphatic rings. The number of nitrogen functional groups attached to an aromatic ring is 2. The summed E-state index contributed by atoms with van der Waals surface area (Å²) in [7, 11) is 0. The Bertz CT molecular complexity index is 1930. The molecule has 9 heteroatoms. The van der Waals surface area contributed by atoms with Gasteiger partial charge in [0.15, 0.2) is 0 Å². The standard InChI is InChI=1S/C32H26N4O5/c1-17-23-11-9-21(15-27(23)40-31(37)25(17)13-19-5-3-7-29(33)35-19)39-22-10-12-24-18(2)26(32(38)41-28(24)16-22)14-20-6-4-8-30(34)36-20/h3-12,15-16H,13-14H2,1-2H3,(H2,33,35)(H2,34,36). The third kappa shape index (κ3) is 5.12. The molecular weight excluding hydrogens is 520 g/mol. The molecule has 0 fully saturated rings. The molecule has 4 heterocycles. The van der Waals surface area contributed by atoms with E-state index in [2.05, 4.69) is 9.97 Å². The Morgan fingerprint density at radius 1 is 0.659 bits per heavy atom. The van der Waals surface area contributed by atoms with Gasteiger partial charge in [0.25, 0.3) is 0 Å². The molecule has 0 aliphatic carbocycles. The van der Waals surface area contributed by atoms with Crippen LogP contribution in [0.2, 0.25) is 0 Å². The molecular formula is C32H26N4O5. The van der Waals surface area contributed by atoms with Gasteiger partial charge in [-0.15, -0.1) is 0 Å². The molecule has 0 radical (unpaired) electrons. The van der Waals surface area contributed by atoms with E-state index in [4.69, 9.17) is 25.0 Å². The minimum atomic E-state index is -0.441. The largest absolute Gasteiger partial charge is 0.457 e. The van der Waals surface area contributed by atoms with Crippen molar-refractivity contribution in [2.24, 2.45) is 0 Å². The van der Waals surface area contributed by atoms with Gasteiger partial charge in [-0.05, 0) is 73.5 Å². The van der Waals surface area contributed by atoms with Crippen molar-refractivity contribution in [3.05, 3.63) is 127 Å². The fourth-order valence-electron chi connectivity index (χ4n) is 4.98. The molecule has 0 spiro atoms. The molecule has 2 aromatic carbocycles. The maximum Gasteiger partial charge on any atom is 0.340 e. The molecule has 0 saturated carbocycles. The van der Waals surface area contributed by atoms with Crippen LogP contribution in [0.3, 0.4) is 0 Å². The van der Waals surface area contributed by atoms with Crippen LogP contribution in [0.15, 0.2) is 91.2 Å². The number of aromatic nitrogens is 2. The SMILES string of the molecule is Cc1c(Cc2cccc(N)n2)c(=O)oc2cc(Oc3ccc4c(C)c(Cc5cccc(N)n5)c(=O)oc4c3)ccc12. The molecule has 0 aliphatic heterocycles. The van der Waals surface area contributed by atoms with Crippen LogP contribution < -0.4 is 27.5 Å². The van der Waals surface area contributed by atoms with Crippen LogP contribution in [0.25, 0.3) is 21.9 Å². The van der Waals surface area contributed by atoms with E-state index in [1.165, 1.54) is 0 Å². The number of fused-ring (bicyclic) bond motifs is 2. The number of aryl methyl sites for hydroxylation is 2. The van der Waals surface area contributed by atoms with Crippen LogP contribution in [-0.4, -0.2) is 9.97 Å². The number of ether oxygens (including phenoxy) is 1. The van der Waals surface area contributed by atoms with Crippen molar-refractivity contribution in [1.29, 1.82) is 0 Å². The second-order valence-electron chi connectivity index (χ2n) is 9.87. The fourth-order valence-corrected chi connectivity index (χ4v) is 4.98. The van der Waals surface area contributed by atoms with E-state index in [1.54, 1.807) is 48.5 Å². The maximum atomic E-state index is 12.9. The number of hydrogen-bond donors (Lipinski definition) is 2. The van der Waals surface area contributed by atoms with Gasteiger partial charge in [0.2, 0.25) is 0 Å². The van der Waals surface area contributed by atoms with Crippen molar-refractivity contribution in [3.63, 3.8) is 0 Å². The molecule has 0 atom stereocenters. The second-order valence-corrected chi connectivity index (χ2v) is 9.87. The first-order valence-electron chi connectivity index (χ1n) is 13.0. The van der Waals surface area contributed by atoms with Gasteiger partial charge in [-0.1, -0.05) is 12.1 Å². The lowest BCUT2D eigenvalue weighted by molar-refractivity contribution is 0.477. The van der Waals surface area contributed by atoms with E-state index >= 15 is 0 Å². The Labute approximate surface area is 234 Å². The van der Waals surface area contributed by atoms with Crippen molar-refractivity contribution >= 4 is 33.6 Å². The van der Waals surface area contributed by atoms with Gasteiger partial charge in [0, 0.05) is 58.3 Å². The Hall–Kier alpha value is -5.44. The first-order chi connectivity index (χ1) is 19.7. The molecule has 41 heavy (non-hydrogen) atoms. The predicted octanol–water partition coefficient (Wildman–Crippen LogP) is 5.44. The average Bonchev–Trinajstić information content (AvgIpc) is 2.93. The maximum absolute atomic E-state index is 12.9. The number of nitrogens with two attached hydrogens (primary N) is 2. The lowest BCUT2D eigenvalue weighted by Crippen LogP contribution is -2.12. The van der Waals surface area contributed by atoms with Gasteiger partial charge < -0.3 is 25.0 Å². The van der Waals surface area contributed by atoms with E-state index in [1.807, 2.05) is 38.1 Å². The molecule has 0 bridgehead atoms. The minimum Gasteiger partial charge on any atom is -0.457 e. The van der Waals surface area contributed by atoms with Crippen LogP contribution in [-0.2, 0) is 12.8 Å².